The summed E-state index contributed by atoms with van der Waals surface area (Å²) < 4.78 is 5.76. The molecule has 1 atom stereocenters. The van der Waals surface area contributed by atoms with Gasteiger partial charge in [-0.05, 0) is 44.7 Å². The van der Waals surface area contributed by atoms with E-state index in [2.05, 4.69) is 10.6 Å². The largest absolute Gasteiger partial charge is 0.493 e. The van der Waals surface area contributed by atoms with Crippen molar-refractivity contribution in [1.82, 2.24) is 10.6 Å². The van der Waals surface area contributed by atoms with Crippen LogP contribution in [0.1, 0.15) is 30.9 Å². The first-order chi connectivity index (χ1) is 10.0. The van der Waals surface area contributed by atoms with Crippen molar-refractivity contribution >= 4 is 6.03 Å². The van der Waals surface area contributed by atoms with Gasteiger partial charge in [-0.25, -0.2) is 4.79 Å². The van der Waals surface area contributed by atoms with Crippen LogP contribution in [0.25, 0.3) is 0 Å². The maximum absolute atomic E-state index is 11.4. The molecule has 0 radical (unpaired) electrons. The number of urea groups is 1. The summed E-state index contributed by atoms with van der Waals surface area (Å²) >= 11 is 0. The first kappa shape index (κ1) is 17.3. The molecule has 0 saturated carbocycles. The van der Waals surface area contributed by atoms with E-state index in [1.54, 1.807) is 6.92 Å². The van der Waals surface area contributed by atoms with Crippen LogP contribution in [0.3, 0.4) is 0 Å². The van der Waals surface area contributed by atoms with Gasteiger partial charge < -0.3 is 20.5 Å². The Balaban J connectivity index is 2.13. The molecule has 0 aliphatic rings. The van der Waals surface area contributed by atoms with Crippen molar-refractivity contribution in [3.63, 3.8) is 0 Å². The molecule has 21 heavy (non-hydrogen) atoms. The van der Waals surface area contributed by atoms with Crippen molar-refractivity contribution in [3.05, 3.63) is 29.3 Å². The van der Waals surface area contributed by atoms with Gasteiger partial charge in [-0.3, -0.25) is 0 Å². The number of aliphatic hydroxyl groups is 1. The summed E-state index contributed by atoms with van der Waals surface area (Å²) in [7, 11) is 0. The van der Waals surface area contributed by atoms with E-state index in [0.29, 0.717) is 26.1 Å². The number of rotatable bonds is 8. The number of carbonyl (C=O) groups is 1. The summed E-state index contributed by atoms with van der Waals surface area (Å²) in [5, 5.41) is 14.5. The number of ether oxygens (including phenoxy) is 1. The minimum atomic E-state index is -0.393. The molecule has 0 bridgehead atoms. The van der Waals surface area contributed by atoms with Gasteiger partial charge in [-0.1, -0.05) is 18.2 Å². The van der Waals surface area contributed by atoms with Gasteiger partial charge in [0.1, 0.15) is 5.75 Å². The predicted molar refractivity (Wildman–Crippen MR) is 83.7 cm³/mol. The molecule has 1 unspecified atom stereocenters. The lowest BCUT2D eigenvalue weighted by molar-refractivity contribution is 0.183. The second kappa shape index (κ2) is 9.23. The second-order valence-corrected chi connectivity index (χ2v) is 5.24. The molecule has 0 aliphatic heterocycles. The highest BCUT2D eigenvalue weighted by Gasteiger charge is 2.03. The molecule has 0 aromatic heterocycles. The Hall–Kier alpha value is -1.75. The number of aliphatic hydroxyl groups excluding tert-OH is 1. The number of aryl methyl sites for hydroxylation is 2. The first-order valence-corrected chi connectivity index (χ1v) is 7.39. The maximum atomic E-state index is 11.4. The Labute approximate surface area is 126 Å². The molecule has 1 aromatic carbocycles. The lowest BCUT2D eigenvalue weighted by Gasteiger charge is -2.12. The van der Waals surface area contributed by atoms with Crippen LogP contribution in [0, 0.1) is 13.8 Å². The number of nitrogens with one attached hydrogen (secondary N) is 2. The molecule has 0 saturated heterocycles. The molecular formula is C16H26N2O3. The van der Waals surface area contributed by atoms with Gasteiger partial charge in [0.05, 0.1) is 12.7 Å². The minimum absolute atomic E-state index is 0.206. The second-order valence-electron chi connectivity index (χ2n) is 5.24. The molecule has 3 N–H and O–H groups in total. The molecule has 1 rings (SSSR count). The lowest BCUT2D eigenvalue weighted by Crippen LogP contribution is -2.37. The van der Waals surface area contributed by atoms with Crippen LogP contribution in [-0.2, 0) is 0 Å². The fraction of sp³-hybridized carbons (Fsp3) is 0.562. The van der Waals surface area contributed by atoms with Gasteiger partial charge >= 0.3 is 6.03 Å². The van der Waals surface area contributed by atoms with E-state index in [1.165, 1.54) is 0 Å². The van der Waals surface area contributed by atoms with Gasteiger partial charge in [0.15, 0.2) is 0 Å². The van der Waals surface area contributed by atoms with Crippen molar-refractivity contribution in [1.29, 1.82) is 0 Å². The molecule has 5 heteroatoms. The van der Waals surface area contributed by atoms with Gasteiger partial charge in [-0.15, -0.1) is 0 Å². The van der Waals surface area contributed by atoms with Crippen molar-refractivity contribution in [3.8, 4) is 5.75 Å². The highest BCUT2D eigenvalue weighted by atomic mass is 16.5. The molecule has 5 nitrogen and oxygen atoms in total. The maximum Gasteiger partial charge on any atom is 0.314 e. The Morgan fingerprint density at radius 2 is 1.86 bits per heavy atom. The van der Waals surface area contributed by atoms with Crippen LogP contribution in [-0.4, -0.2) is 36.9 Å². The van der Waals surface area contributed by atoms with Crippen molar-refractivity contribution in [2.24, 2.45) is 0 Å². The van der Waals surface area contributed by atoms with E-state index in [0.717, 1.165) is 23.3 Å². The zero-order valence-corrected chi connectivity index (χ0v) is 13.1. The number of carbonyl (C=O) groups excluding carboxylic acids is 1. The highest BCUT2D eigenvalue weighted by molar-refractivity contribution is 5.73. The van der Waals surface area contributed by atoms with Crippen LogP contribution in [0.5, 0.6) is 5.75 Å². The van der Waals surface area contributed by atoms with Gasteiger partial charge in [0.25, 0.3) is 0 Å². The summed E-state index contributed by atoms with van der Waals surface area (Å²) in [6.07, 6.45) is 0.914. The van der Waals surface area contributed by atoms with E-state index < -0.39 is 6.10 Å². The van der Waals surface area contributed by atoms with Crippen molar-refractivity contribution in [2.45, 2.75) is 39.7 Å². The SMILES string of the molecule is Cc1cccc(C)c1OCCCNC(=O)NCCC(C)O. The molecule has 0 aliphatic carbocycles. The smallest absolute Gasteiger partial charge is 0.314 e. The third-order valence-corrected chi connectivity index (χ3v) is 3.11. The third-order valence-electron chi connectivity index (χ3n) is 3.11. The number of hydrogen-bond donors (Lipinski definition) is 3. The van der Waals surface area contributed by atoms with E-state index in [-0.39, 0.29) is 6.03 Å². The third kappa shape index (κ3) is 6.99. The number of amides is 2. The van der Waals surface area contributed by atoms with Crippen LogP contribution in [0.2, 0.25) is 0 Å². The summed E-state index contributed by atoms with van der Waals surface area (Å²) in [6.45, 7) is 7.35. The number of hydrogen-bond acceptors (Lipinski definition) is 3. The molecule has 118 valence electrons. The van der Waals surface area contributed by atoms with Gasteiger partial charge in [-0.2, -0.15) is 0 Å². The van der Waals surface area contributed by atoms with Gasteiger partial charge in [0.2, 0.25) is 0 Å². The number of benzene rings is 1. The van der Waals surface area contributed by atoms with E-state index >= 15 is 0 Å². The Morgan fingerprint density at radius 1 is 1.24 bits per heavy atom. The quantitative estimate of drug-likeness (QED) is 0.643. The normalized spacial score (nSPS) is 11.8. The molecule has 2 amide bonds. The average molecular weight is 294 g/mol. The molecule has 0 fully saturated rings. The Kier molecular flexibility index (Phi) is 7.61. The van der Waals surface area contributed by atoms with Crippen molar-refractivity contribution in [2.75, 3.05) is 19.7 Å². The molecule has 1 aromatic rings. The Bertz CT molecular complexity index is 427. The summed E-state index contributed by atoms with van der Waals surface area (Å²) in [6, 6.07) is 5.85. The van der Waals surface area contributed by atoms with Crippen molar-refractivity contribution < 1.29 is 14.6 Å². The Morgan fingerprint density at radius 3 is 2.48 bits per heavy atom. The van der Waals surface area contributed by atoms with E-state index in [9.17, 15) is 4.79 Å². The summed E-state index contributed by atoms with van der Waals surface area (Å²) in [5.74, 6) is 0.930. The van der Waals surface area contributed by atoms with Crippen LogP contribution >= 0.6 is 0 Å². The first-order valence-electron chi connectivity index (χ1n) is 7.39. The topological polar surface area (TPSA) is 70.6 Å². The zero-order chi connectivity index (χ0) is 15.7. The molecular weight excluding hydrogens is 268 g/mol. The number of para-hydroxylation sites is 1. The zero-order valence-electron chi connectivity index (χ0n) is 13.1. The average Bonchev–Trinajstić information content (AvgIpc) is 2.41. The van der Waals surface area contributed by atoms with Crippen LogP contribution in [0.4, 0.5) is 4.79 Å². The lowest BCUT2D eigenvalue weighted by atomic mass is 10.1. The van der Waals surface area contributed by atoms with E-state index in [4.69, 9.17) is 9.84 Å². The minimum Gasteiger partial charge on any atom is -0.493 e. The fourth-order valence-corrected chi connectivity index (χ4v) is 1.93. The van der Waals surface area contributed by atoms with Crippen LogP contribution < -0.4 is 15.4 Å². The van der Waals surface area contributed by atoms with E-state index in [1.807, 2.05) is 32.0 Å². The predicted octanol–water partition coefficient (Wildman–Crippen LogP) is 2.14. The molecule has 0 heterocycles. The van der Waals surface area contributed by atoms with Gasteiger partial charge in [0, 0.05) is 13.1 Å². The molecule has 0 spiro atoms. The summed E-state index contributed by atoms with van der Waals surface area (Å²) in [5.41, 5.74) is 2.25. The summed E-state index contributed by atoms with van der Waals surface area (Å²) in [4.78, 5) is 11.4. The highest BCUT2D eigenvalue weighted by Crippen LogP contribution is 2.22. The standard InChI is InChI=1S/C16H26N2O3/c1-12-6-4-7-13(2)15(12)21-11-5-9-17-16(20)18-10-8-14(3)19/h4,6-7,14,19H,5,8-11H2,1-3H3,(H2,17,18,20). The monoisotopic (exact) mass is 294 g/mol. The fourth-order valence-electron chi connectivity index (χ4n) is 1.93. The van der Waals surface area contributed by atoms with Crippen LogP contribution in [0.15, 0.2) is 18.2 Å².